The van der Waals surface area contributed by atoms with E-state index in [2.05, 4.69) is 4.99 Å². The molecular weight excluding hydrogens is 290 g/mol. The molecule has 0 aliphatic rings. The molecule has 2 aromatic rings. The first kappa shape index (κ1) is 16.5. The summed E-state index contributed by atoms with van der Waals surface area (Å²) in [7, 11) is 0. The van der Waals surface area contributed by atoms with Gasteiger partial charge in [-0.1, -0.05) is 42.5 Å². The quantitative estimate of drug-likeness (QED) is 0.384. The summed E-state index contributed by atoms with van der Waals surface area (Å²) in [5.74, 6) is -0.703. The number of carbonyl (C=O) groups is 1. The minimum atomic E-state index is -0.586. The summed E-state index contributed by atoms with van der Waals surface area (Å²) in [6.07, 6.45) is 1.32. The van der Waals surface area contributed by atoms with Crippen molar-refractivity contribution in [2.75, 3.05) is 6.61 Å². The molecule has 0 aromatic heterocycles. The number of nitrogens with zero attached hydrogens (tertiary/aromatic N) is 1. The molecule has 0 spiro atoms. The molecule has 4 nitrogen and oxygen atoms in total. The lowest BCUT2D eigenvalue weighted by atomic mass is 10.1. The Morgan fingerprint density at radius 3 is 2.26 bits per heavy atom. The Morgan fingerprint density at radius 2 is 1.70 bits per heavy atom. The first-order valence-corrected chi connectivity index (χ1v) is 7.38. The van der Waals surface area contributed by atoms with Crippen LogP contribution in [-0.2, 0) is 9.53 Å². The number of carbonyl (C=O) groups excluding carboxylic acids is 1. The maximum Gasteiger partial charge on any atom is 0.343 e. The molecule has 0 unspecified atom stereocenters. The summed E-state index contributed by atoms with van der Waals surface area (Å²) >= 11 is 0. The highest BCUT2D eigenvalue weighted by Crippen LogP contribution is 2.22. The van der Waals surface area contributed by atoms with Crippen molar-refractivity contribution < 1.29 is 14.6 Å². The molecule has 0 bridgehead atoms. The van der Waals surface area contributed by atoms with Gasteiger partial charge in [-0.05, 0) is 37.1 Å². The van der Waals surface area contributed by atoms with Gasteiger partial charge >= 0.3 is 5.97 Å². The SMILES string of the molecule is CCOC(=O)/C(C=Nc1ccc(-c2ccccc2)cc1)=C(/C)O. The lowest BCUT2D eigenvalue weighted by molar-refractivity contribution is -0.138. The van der Waals surface area contributed by atoms with Crippen LogP contribution in [0.2, 0.25) is 0 Å². The van der Waals surface area contributed by atoms with E-state index in [0.29, 0.717) is 5.69 Å². The first-order chi connectivity index (χ1) is 11.1. The van der Waals surface area contributed by atoms with Crippen LogP contribution in [0.25, 0.3) is 11.1 Å². The molecule has 2 rings (SSSR count). The number of benzene rings is 2. The van der Waals surface area contributed by atoms with E-state index >= 15 is 0 Å². The lowest BCUT2D eigenvalue weighted by Gasteiger charge is -2.04. The smallest absolute Gasteiger partial charge is 0.343 e. The van der Waals surface area contributed by atoms with Gasteiger partial charge in [0.1, 0.15) is 11.3 Å². The Bertz CT molecular complexity index is 712. The van der Waals surface area contributed by atoms with E-state index in [0.717, 1.165) is 11.1 Å². The molecule has 0 saturated heterocycles. The van der Waals surface area contributed by atoms with Crippen molar-refractivity contribution in [1.82, 2.24) is 0 Å². The number of hydrogen-bond acceptors (Lipinski definition) is 4. The summed E-state index contributed by atoms with van der Waals surface area (Å²) in [6, 6.07) is 17.7. The van der Waals surface area contributed by atoms with E-state index in [-0.39, 0.29) is 17.9 Å². The molecular formula is C19H19NO3. The molecule has 23 heavy (non-hydrogen) atoms. The second-order valence-electron chi connectivity index (χ2n) is 4.89. The summed E-state index contributed by atoms with van der Waals surface area (Å²) < 4.78 is 4.88. The number of aliphatic imine (C=N–C) groups is 1. The van der Waals surface area contributed by atoms with Crippen molar-refractivity contribution in [3.05, 3.63) is 65.9 Å². The van der Waals surface area contributed by atoms with Gasteiger partial charge in [-0.25, -0.2) is 4.79 Å². The van der Waals surface area contributed by atoms with Crippen molar-refractivity contribution in [2.24, 2.45) is 4.99 Å². The van der Waals surface area contributed by atoms with E-state index < -0.39 is 5.97 Å². The normalized spacial score (nSPS) is 12.1. The van der Waals surface area contributed by atoms with Gasteiger partial charge in [0.2, 0.25) is 0 Å². The molecule has 4 heteroatoms. The van der Waals surface area contributed by atoms with Crippen molar-refractivity contribution >= 4 is 17.9 Å². The first-order valence-electron chi connectivity index (χ1n) is 7.38. The third-order valence-corrected chi connectivity index (χ3v) is 3.20. The Hall–Kier alpha value is -2.88. The fourth-order valence-electron chi connectivity index (χ4n) is 2.01. The van der Waals surface area contributed by atoms with E-state index in [4.69, 9.17) is 4.74 Å². The largest absolute Gasteiger partial charge is 0.512 e. The number of aliphatic hydroxyl groups excluding tert-OH is 1. The van der Waals surface area contributed by atoms with Crippen LogP contribution in [0.15, 0.2) is 70.9 Å². The molecule has 0 heterocycles. The minimum Gasteiger partial charge on any atom is -0.512 e. The van der Waals surface area contributed by atoms with Crippen LogP contribution in [0.1, 0.15) is 13.8 Å². The molecule has 0 atom stereocenters. The second-order valence-corrected chi connectivity index (χ2v) is 4.89. The van der Waals surface area contributed by atoms with E-state index in [9.17, 15) is 9.90 Å². The topological polar surface area (TPSA) is 58.9 Å². The summed E-state index contributed by atoms with van der Waals surface area (Å²) in [4.78, 5) is 15.9. The Morgan fingerprint density at radius 1 is 1.09 bits per heavy atom. The van der Waals surface area contributed by atoms with Gasteiger partial charge in [0.05, 0.1) is 12.3 Å². The number of rotatable bonds is 5. The molecule has 0 radical (unpaired) electrons. The highest BCUT2D eigenvalue weighted by molar-refractivity contribution is 6.10. The number of ether oxygens (including phenoxy) is 1. The second kappa shape index (κ2) is 7.94. The maximum absolute atomic E-state index is 11.7. The Balaban J connectivity index is 2.17. The Labute approximate surface area is 135 Å². The maximum atomic E-state index is 11.7. The summed E-state index contributed by atoms with van der Waals surface area (Å²) in [6.45, 7) is 3.38. The third-order valence-electron chi connectivity index (χ3n) is 3.20. The summed E-state index contributed by atoms with van der Waals surface area (Å²) in [5, 5.41) is 9.57. The zero-order valence-electron chi connectivity index (χ0n) is 13.2. The van der Waals surface area contributed by atoms with Crippen molar-refractivity contribution in [3.8, 4) is 11.1 Å². The van der Waals surface area contributed by atoms with Gasteiger partial charge in [-0.2, -0.15) is 0 Å². The van der Waals surface area contributed by atoms with Crippen LogP contribution in [0, 0.1) is 0 Å². The summed E-state index contributed by atoms with van der Waals surface area (Å²) in [5.41, 5.74) is 2.96. The monoisotopic (exact) mass is 309 g/mol. The van der Waals surface area contributed by atoms with Gasteiger partial charge < -0.3 is 9.84 Å². The van der Waals surface area contributed by atoms with E-state index in [1.54, 1.807) is 6.92 Å². The molecule has 0 fully saturated rings. The number of allylic oxidation sites excluding steroid dienone is 1. The molecule has 1 N–H and O–H groups in total. The van der Waals surface area contributed by atoms with Crippen molar-refractivity contribution in [3.63, 3.8) is 0 Å². The van der Waals surface area contributed by atoms with Crippen LogP contribution < -0.4 is 0 Å². The van der Waals surface area contributed by atoms with Crippen LogP contribution in [0.5, 0.6) is 0 Å². The molecule has 0 saturated carbocycles. The fraction of sp³-hybridized carbons (Fsp3) is 0.158. The molecule has 0 aliphatic heterocycles. The van der Waals surface area contributed by atoms with Gasteiger partial charge in [-0.3, -0.25) is 4.99 Å². The zero-order valence-corrected chi connectivity index (χ0v) is 13.2. The standard InChI is InChI=1S/C19H19NO3/c1-3-23-19(22)18(14(2)21)13-20-17-11-9-16(10-12-17)15-7-5-4-6-8-15/h4-13,21H,3H2,1-2H3/b18-14-,20-13?. The van der Waals surface area contributed by atoms with Crippen LogP contribution in [0.3, 0.4) is 0 Å². The van der Waals surface area contributed by atoms with Gasteiger partial charge in [0, 0.05) is 6.21 Å². The number of aliphatic hydroxyl groups is 1. The van der Waals surface area contributed by atoms with Gasteiger partial charge in [-0.15, -0.1) is 0 Å². The average molecular weight is 309 g/mol. The number of esters is 1. The van der Waals surface area contributed by atoms with E-state index in [1.807, 2.05) is 54.6 Å². The van der Waals surface area contributed by atoms with Crippen LogP contribution in [0.4, 0.5) is 5.69 Å². The fourth-order valence-corrected chi connectivity index (χ4v) is 2.01. The highest BCUT2D eigenvalue weighted by Gasteiger charge is 2.11. The van der Waals surface area contributed by atoms with Crippen molar-refractivity contribution in [1.29, 1.82) is 0 Å². The van der Waals surface area contributed by atoms with Gasteiger partial charge in [0.15, 0.2) is 0 Å². The van der Waals surface area contributed by atoms with Crippen LogP contribution in [-0.4, -0.2) is 23.9 Å². The predicted molar refractivity (Wildman–Crippen MR) is 92.0 cm³/mol. The molecule has 2 aromatic carbocycles. The number of hydrogen-bond donors (Lipinski definition) is 1. The van der Waals surface area contributed by atoms with E-state index in [1.165, 1.54) is 13.1 Å². The van der Waals surface area contributed by atoms with Crippen molar-refractivity contribution in [2.45, 2.75) is 13.8 Å². The zero-order chi connectivity index (χ0) is 16.7. The molecule has 118 valence electrons. The van der Waals surface area contributed by atoms with Gasteiger partial charge in [0.25, 0.3) is 0 Å². The average Bonchev–Trinajstić information content (AvgIpc) is 2.56. The Kier molecular flexibility index (Phi) is 5.69. The van der Waals surface area contributed by atoms with Crippen LogP contribution >= 0.6 is 0 Å². The predicted octanol–water partition coefficient (Wildman–Crippen LogP) is 4.45. The lowest BCUT2D eigenvalue weighted by Crippen LogP contribution is -2.10. The third kappa shape index (κ3) is 4.54. The minimum absolute atomic E-state index is 0.0546. The highest BCUT2D eigenvalue weighted by atomic mass is 16.5. The molecule has 0 aliphatic carbocycles. The molecule has 0 amide bonds.